The predicted octanol–water partition coefficient (Wildman–Crippen LogP) is 0.613. The van der Waals surface area contributed by atoms with Crippen LogP contribution in [0.3, 0.4) is 0 Å². The van der Waals surface area contributed by atoms with Gasteiger partial charge < -0.3 is 21.1 Å². The zero-order chi connectivity index (χ0) is 14.3. The van der Waals surface area contributed by atoms with Gasteiger partial charge in [0.2, 0.25) is 5.91 Å². The molecule has 0 aliphatic carbocycles. The minimum Gasteiger partial charge on any atom is -0.480 e. The number of rotatable bonds is 5. The largest absolute Gasteiger partial charge is 0.480 e. The van der Waals surface area contributed by atoms with Gasteiger partial charge in [-0.05, 0) is 40.8 Å². The van der Waals surface area contributed by atoms with Crippen molar-refractivity contribution in [1.29, 1.82) is 0 Å². The fraction of sp³-hybridized carbons (Fsp3) is 0.182. The minimum atomic E-state index is -1.14. The Kier molecular flexibility index (Phi) is 6.06. The minimum absolute atomic E-state index is 0.289. The molecule has 0 atom stereocenters. The average Bonchev–Trinajstić information content (AvgIpc) is 2.34. The normalized spacial score (nSPS) is 9.53. The maximum atomic E-state index is 11.4. The lowest BCUT2D eigenvalue weighted by atomic mass is 10.3. The fourth-order valence-electron chi connectivity index (χ4n) is 1.14. The Morgan fingerprint density at radius 1 is 1.16 bits per heavy atom. The van der Waals surface area contributed by atoms with Crippen molar-refractivity contribution in [2.45, 2.75) is 0 Å². The number of amides is 3. The molecule has 0 radical (unpaired) electrons. The number of carboxylic acids is 1. The van der Waals surface area contributed by atoms with E-state index < -0.39 is 24.5 Å². The Bertz CT molecular complexity index is 493. The smallest absolute Gasteiger partial charge is 0.322 e. The van der Waals surface area contributed by atoms with E-state index in [4.69, 9.17) is 5.11 Å². The number of carbonyl (C=O) groups is 3. The second kappa shape index (κ2) is 7.56. The van der Waals surface area contributed by atoms with Crippen molar-refractivity contribution >= 4 is 46.2 Å². The summed E-state index contributed by atoms with van der Waals surface area (Å²) in [6.45, 7) is -0.762. The molecular formula is C11H12IN3O4. The van der Waals surface area contributed by atoms with E-state index in [1.54, 1.807) is 18.2 Å². The molecule has 4 N–H and O–H groups in total. The van der Waals surface area contributed by atoms with E-state index in [1.807, 2.05) is 6.07 Å². The summed E-state index contributed by atoms with van der Waals surface area (Å²) in [6.07, 6.45) is 0. The molecule has 7 nitrogen and oxygen atoms in total. The summed E-state index contributed by atoms with van der Waals surface area (Å²) in [7, 11) is 0. The van der Waals surface area contributed by atoms with Gasteiger partial charge in [-0.15, -0.1) is 0 Å². The first-order chi connectivity index (χ1) is 8.97. The van der Waals surface area contributed by atoms with E-state index in [2.05, 4.69) is 38.5 Å². The highest BCUT2D eigenvalue weighted by molar-refractivity contribution is 14.1. The van der Waals surface area contributed by atoms with E-state index in [1.165, 1.54) is 0 Å². The molecule has 1 rings (SSSR count). The Balaban J connectivity index is 2.32. The van der Waals surface area contributed by atoms with Crippen molar-refractivity contribution in [3.63, 3.8) is 0 Å². The lowest BCUT2D eigenvalue weighted by molar-refractivity contribution is -0.137. The summed E-state index contributed by atoms with van der Waals surface area (Å²) in [5, 5.41) is 15.3. The average molecular weight is 377 g/mol. The van der Waals surface area contributed by atoms with Crippen LogP contribution < -0.4 is 16.0 Å². The summed E-state index contributed by atoms with van der Waals surface area (Å²) < 4.78 is 0.967. The van der Waals surface area contributed by atoms with Crippen molar-refractivity contribution < 1.29 is 19.5 Å². The second-order valence-electron chi connectivity index (χ2n) is 3.49. The Hall–Kier alpha value is -1.84. The molecule has 0 heterocycles. The number of benzene rings is 1. The number of hydrogen-bond acceptors (Lipinski definition) is 3. The number of urea groups is 1. The molecule has 3 amide bonds. The number of nitrogens with one attached hydrogen (secondary N) is 3. The van der Waals surface area contributed by atoms with Gasteiger partial charge in [-0.25, -0.2) is 4.79 Å². The lowest BCUT2D eigenvalue weighted by Crippen LogP contribution is -2.40. The molecule has 0 unspecified atom stereocenters. The zero-order valence-corrected chi connectivity index (χ0v) is 11.9. The molecule has 0 aliphatic heterocycles. The molecule has 0 saturated heterocycles. The van der Waals surface area contributed by atoms with Crippen molar-refractivity contribution in [2.24, 2.45) is 0 Å². The molecule has 0 fully saturated rings. The summed E-state index contributed by atoms with van der Waals surface area (Å²) in [4.78, 5) is 32.8. The first-order valence-corrected chi connectivity index (χ1v) is 6.34. The third kappa shape index (κ3) is 6.60. The standard InChI is InChI=1S/C11H12IN3O4/c12-7-2-1-3-8(4-7)15-11(19)14-5-9(16)13-6-10(17)18/h1-4H,5-6H2,(H,13,16)(H,17,18)(H2,14,15,19). The van der Waals surface area contributed by atoms with Crippen LogP contribution in [0.15, 0.2) is 24.3 Å². The highest BCUT2D eigenvalue weighted by atomic mass is 127. The van der Waals surface area contributed by atoms with Crippen LogP contribution in [0.25, 0.3) is 0 Å². The van der Waals surface area contributed by atoms with E-state index in [-0.39, 0.29) is 6.54 Å². The van der Waals surface area contributed by atoms with Gasteiger partial charge in [-0.3, -0.25) is 9.59 Å². The fourth-order valence-corrected chi connectivity index (χ4v) is 1.68. The summed E-state index contributed by atoms with van der Waals surface area (Å²) in [6, 6.07) is 6.61. The SMILES string of the molecule is O=C(O)CNC(=O)CNC(=O)Nc1cccc(I)c1. The van der Waals surface area contributed by atoms with Crippen LogP contribution in [0.5, 0.6) is 0 Å². The van der Waals surface area contributed by atoms with Crippen LogP contribution in [0, 0.1) is 3.57 Å². The topological polar surface area (TPSA) is 108 Å². The van der Waals surface area contributed by atoms with Gasteiger partial charge in [0.1, 0.15) is 6.54 Å². The van der Waals surface area contributed by atoms with Crippen molar-refractivity contribution in [1.82, 2.24) is 10.6 Å². The van der Waals surface area contributed by atoms with Gasteiger partial charge in [0.05, 0.1) is 6.54 Å². The molecule has 0 saturated carbocycles. The van der Waals surface area contributed by atoms with E-state index in [0.29, 0.717) is 5.69 Å². The van der Waals surface area contributed by atoms with Gasteiger partial charge in [-0.2, -0.15) is 0 Å². The zero-order valence-electron chi connectivity index (χ0n) is 9.77. The van der Waals surface area contributed by atoms with Crippen LogP contribution in [0.1, 0.15) is 0 Å². The highest BCUT2D eigenvalue weighted by Crippen LogP contribution is 2.11. The molecule has 102 valence electrons. The van der Waals surface area contributed by atoms with Crippen LogP contribution in [0.2, 0.25) is 0 Å². The van der Waals surface area contributed by atoms with E-state index in [9.17, 15) is 14.4 Å². The molecule has 1 aromatic rings. The van der Waals surface area contributed by atoms with Crippen molar-refractivity contribution in [2.75, 3.05) is 18.4 Å². The number of hydrogen-bond donors (Lipinski definition) is 4. The quantitative estimate of drug-likeness (QED) is 0.564. The Morgan fingerprint density at radius 2 is 1.89 bits per heavy atom. The Labute approximate surface area is 122 Å². The van der Waals surface area contributed by atoms with Crippen LogP contribution in [-0.4, -0.2) is 36.1 Å². The number of halogens is 1. The van der Waals surface area contributed by atoms with Crippen LogP contribution in [-0.2, 0) is 9.59 Å². The molecule has 0 spiro atoms. The summed E-state index contributed by atoms with van der Waals surface area (Å²) in [5.74, 6) is -1.71. The molecule has 0 aromatic heterocycles. The third-order valence-electron chi connectivity index (χ3n) is 1.93. The van der Waals surface area contributed by atoms with Gasteiger partial charge in [0, 0.05) is 9.26 Å². The molecule has 1 aromatic carbocycles. The van der Waals surface area contributed by atoms with Crippen molar-refractivity contribution in [3.05, 3.63) is 27.8 Å². The molecular weight excluding hydrogens is 365 g/mol. The maximum absolute atomic E-state index is 11.4. The first kappa shape index (κ1) is 15.2. The predicted molar refractivity (Wildman–Crippen MR) is 76.8 cm³/mol. The van der Waals surface area contributed by atoms with Gasteiger partial charge in [-0.1, -0.05) is 6.07 Å². The number of carbonyl (C=O) groups excluding carboxylic acids is 2. The van der Waals surface area contributed by atoms with Crippen LogP contribution in [0.4, 0.5) is 10.5 Å². The monoisotopic (exact) mass is 377 g/mol. The van der Waals surface area contributed by atoms with Crippen molar-refractivity contribution in [3.8, 4) is 0 Å². The molecule has 8 heteroatoms. The molecule has 0 bridgehead atoms. The molecule has 0 aliphatic rings. The first-order valence-electron chi connectivity index (χ1n) is 5.26. The molecule has 19 heavy (non-hydrogen) atoms. The van der Waals surface area contributed by atoms with Gasteiger partial charge in [0.15, 0.2) is 0 Å². The Morgan fingerprint density at radius 3 is 2.53 bits per heavy atom. The van der Waals surface area contributed by atoms with Gasteiger partial charge >= 0.3 is 12.0 Å². The highest BCUT2D eigenvalue weighted by Gasteiger charge is 2.06. The third-order valence-corrected chi connectivity index (χ3v) is 2.60. The van der Waals surface area contributed by atoms with Crippen LogP contribution >= 0.6 is 22.6 Å². The number of aliphatic carboxylic acids is 1. The number of carboxylic acid groups (broad SMARTS) is 1. The summed E-state index contributed by atoms with van der Waals surface area (Å²) in [5.41, 5.74) is 0.607. The lowest BCUT2D eigenvalue weighted by Gasteiger charge is -2.07. The summed E-state index contributed by atoms with van der Waals surface area (Å²) >= 11 is 2.11. The maximum Gasteiger partial charge on any atom is 0.322 e. The van der Waals surface area contributed by atoms with E-state index in [0.717, 1.165) is 3.57 Å². The van der Waals surface area contributed by atoms with Gasteiger partial charge in [0.25, 0.3) is 0 Å². The number of anilines is 1. The second-order valence-corrected chi connectivity index (χ2v) is 4.73. The van der Waals surface area contributed by atoms with E-state index >= 15 is 0 Å².